The second kappa shape index (κ2) is 9.65. The van der Waals surface area contributed by atoms with Gasteiger partial charge in [-0.1, -0.05) is 0 Å². The van der Waals surface area contributed by atoms with E-state index in [0.717, 1.165) is 10.6 Å². The van der Waals surface area contributed by atoms with Crippen molar-refractivity contribution in [3.8, 4) is 11.9 Å². The number of nitrogens with zero attached hydrogens (tertiary/aromatic N) is 2. The summed E-state index contributed by atoms with van der Waals surface area (Å²) in [5.74, 6) is 1.36. The zero-order chi connectivity index (χ0) is 14.7. The van der Waals surface area contributed by atoms with Gasteiger partial charge in [0.05, 0.1) is 11.1 Å². The Labute approximate surface area is 161 Å². The first-order valence-corrected chi connectivity index (χ1v) is 14.1. The smallest absolute Gasteiger partial charge is 0.305 e. The van der Waals surface area contributed by atoms with Crippen LogP contribution in [-0.2, 0) is 32.7 Å². The largest absolute Gasteiger partial charge is 0.531 e. The standard InChI is InChI=1S/C12H23N2O2SSi2.CH3.Y/c1-8-17-10-9-13-12(16-19(5,6)7)14-11(10)15-18(2,3)4;;/h9H,1,8H2,2-7H3;1H3;/q2*-1;. The molecule has 1 rings (SSSR count). The fourth-order valence-corrected chi connectivity index (χ4v) is 3.25. The van der Waals surface area contributed by atoms with E-state index in [-0.39, 0.29) is 40.1 Å². The Bertz CT molecular complexity index is 437. The van der Waals surface area contributed by atoms with Crippen LogP contribution in [0.3, 0.4) is 0 Å². The van der Waals surface area contributed by atoms with Crippen LogP contribution in [0.25, 0.3) is 0 Å². The van der Waals surface area contributed by atoms with Crippen molar-refractivity contribution in [2.75, 3.05) is 5.75 Å². The maximum Gasteiger partial charge on any atom is 0.305 e. The van der Waals surface area contributed by atoms with Gasteiger partial charge >= 0.3 is 6.01 Å². The molecule has 0 spiro atoms. The Morgan fingerprint density at radius 1 is 1.10 bits per heavy atom. The van der Waals surface area contributed by atoms with E-state index in [9.17, 15) is 0 Å². The summed E-state index contributed by atoms with van der Waals surface area (Å²) in [6, 6.07) is 0.417. The van der Waals surface area contributed by atoms with Crippen LogP contribution in [0.15, 0.2) is 11.1 Å². The van der Waals surface area contributed by atoms with Gasteiger partial charge in [-0.2, -0.15) is 16.7 Å². The number of rotatable bonds is 6. The van der Waals surface area contributed by atoms with Gasteiger partial charge in [-0.05, 0) is 39.3 Å². The quantitative estimate of drug-likeness (QED) is 0.391. The molecule has 1 heterocycles. The molecule has 4 nitrogen and oxygen atoms in total. The summed E-state index contributed by atoms with van der Waals surface area (Å²) in [5.41, 5.74) is 0. The topological polar surface area (TPSA) is 44.2 Å². The van der Waals surface area contributed by atoms with Crippen LogP contribution >= 0.6 is 11.8 Å². The molecule has 0 saturated carbocycles. The van der Waals surface area contributed by atoms with Crippen LogP contribution in [0, 0.1) is 14.4 Å². The number of aromatic nitrogens is 2. The average Bonchev–Trinajstić information content (AvgIpc) is 2.17. The Morgan fingerprint density at radius 2 is 1.62 bits per heavy atom. The van der Waals surface area contributed by atoms with E-state index in [1.54, 1.807) is 18.0 Å². The zero-order valence-electron chi connectivity index (χ0n) is 14.2. The summed E-state index contributed by atoms with van der Waals surface area (Å²) in [6.07, 6.45) is 1.77. The van der Waals surface area contributed by atoms with Crippen LogP contribution in [0.4, 0.5) is 0 Å². The molecule has 1 aromatic rings. The van der Waals surface area contributed by atoms with Gasteiger partial charge in [0.15, 0.2) is 0 Å². The second-order valence-corrected chi connectivity index (χ2v) is 16.1. The van der Waals surface area contributed by atoms with E-state index in [0.29, 0.717) is 11.9 Å². The first-order valence-electron chi connectivity index (χ1n) is 6.28. The average molecular weight is 420 g/mol. The molecule has 1 aromatic heterocycles. The molecule has 1 radical (unpaired) electrons. The van der Waals surface area contributed by atoms with Gasteiger partial charge in [-0.3, -0.25) is 0 Å². The third kappa shape index (κ3) is 10.0. The third-order valence-corrected chi connectivity index (χ3v) is 4.15. The predicted octanol–water partition coefficient (Wildman–Crippen LogP) is 4.28. The van der Waals surface area contributed by atoms with Crippen molar-refractivity contribution in [1.82, 2.24) is 9.97 Å². The predicted molar refractivity (Wildman–Crippen MR) is 92.5 cm³/mol. The van der Waals surface area contributed by atoms with E-state index in [1.807, 2.05) is 0 Å². The molecule has 0 bridgehead atoms. The fraction of sp³-hybridized carbons (Fsp3) is 0.538. The molecule has 0 aliphatic heterocycles. The summed E-state index contributed by atoms with van der Waals surface area (Å²) in [6.45, 7) is 16.5. The van der Waals surface area contributed by atoms with Crippen molar-refractivity contribution >= 4 is 28.4 Å². The zero-order valence-corrected chi connectivity index (χ0v) is 19.8. The van der Waals surface area contributed by atoms with Crippen molar-refractivity contribution in [3.05, 3.63) is 20.5 Å². The molecular formula is C13H26N2O2SSi2Y-2. The fourth-order valence-electron chi connectivity index (χ4n) is 1.24. The maximum absolute atomic E-state index is 6.02. The number of hydrogen-bond acceptors (Lipinski definition) is 5. The van der Waals surface area contributed by atoms with Gasteiger partial charge in [-0.25, -0.2) is 4.98 Å². The minimum atomic E-state index is -1.71. The SMILES string of the molecule is [CH2-]CSc1cnc(O[Si](C)(C)C)nc1O[Si](C)(C)C.[CH3-].[Y]. The van der Waals surface area contributed by atoms with E-state index in [1.165, 1.54) is 0 Å². The van der Waals surface area contributed by atoms with E-state index in [4.69, 9.17) is 8.85 Å². The Morgan fingerprint density at radius 3 is 2.05 bits per heavy atom. The summed E-state index contributed by atoms with van der Waals surface area (Å²) >= 11 is 1.59. The molecule has 119 valence electrons. The van der Waals surface area contributed by atoms with Crippen molar-refractivity contribution in [2.24, 2.45) is 0 Å². The first-order chi connectivity index (χ1) is 8.61. The van der Waals surface area contributed by atoms with Crippen LogP contribution in [0.2, 0.25) is 39.3 Å². The molecule has 0 aromatic carbocycles. The maximum atomic E-state index is 6.02. The number of hydrogen-bond donors (Lipinski definition) is 0. The van der Waals surface area contributed by atoms with E-state index >= 15 is 0 Å². The molecular weight excluding hydrogens is 393 g/mol. The monoisotopic (exact) mass is 419 g/mol. The van der Waals surface area contributed by atoms with E-state index < -0.39 is 16.6 Å². The molecule has 0 amide bonds. The Kier molecular flexibility index (Phi) is 10.9. The van der Waals surface area contributed by atoms with E-state index in [2.05, 4.69) is 56.2 Å². The number of thioether (sulfide) groups is 1. The van der Waals surface area contributed by atoms with Crippen molar-refractivity contribution in [1.29, 1.82) is 0 Å². The summed E-state index contributed by atoms with van der Waals surface area (Å²) in [7, 11) is -3.41. The van der Waals surface area contributed by atoms with Crippen LogP contribution in [0.1, 0.15) is 0 Å². The summed E-state index contributed by atoms with van der Waals surface area (Å²) in [4.78, 5) is 9.62. The van der Waals surface area contributed by atoms with Crippen molar-refractivity contribution in [3.63, 3.8) is 0 Å². The van der Waals surface area contributed by atoms with Gasteiger partial charge in [0, 0.05) is 32.7 Å². The van der Waals surface area contributed by atoms with Crippen LogP contribution in [-0.4, -0.2) is 32.4 Å². The molecule has 0 saturated heterocycles. The van der Waals surface area contributed by atoms with Crippen molar-refractivity contribution in [2.45, 2.75) is 44.2 Å². The molecule has 0 unspecified atom stereocenters. The van der Waals surface area contributed by atoms with Gasteiger partial charge in [0.25, 0.3) is 0 Å². The van der Waals surface area contributed by atoms with Gasteiger partial charge in [0.2, 0.25) is 22.5 Å². The molecule has 0 aliphatic carbocycles. The molecule has 21 heavy (non-hydrogen) atoms. The normalized spacial score (nSPS) is 11.2. The summed E-state index contributed by atoms with van der Waals surface area (Å²) < 4.78 is 11.8. The molecule has 8 heteroatoms. The van der Waals surface area contributed by atoms with Gasteiger partial charge < -0.3 is 23.2 Å². The molecule has 0 aliphatic rings. The van der Waals surface area contributed by atoms with Gasteiger partial charge in [0.1, 0.15) is 0 Å². The second-order valence-electron chi connectivity index (χ2n) is 6.10. The Balaban J connectivity index is 0. The Hall–Kier alpha value is 0.568. The minimum Gasteiger partial charge on any atom is -0.531 e. The molecule has 0 fully saturated rings. The minimum absolute atomic E-state index is 0. The van der Waals surface area contributed by atoms with Crippen LogP contribution < -0.4 is 8.85 Å². The van der Waals surface area contributed by atoms with Gasteiger partial charge in [-0.15, -0.1) is 5.75 Å². The molecule has 0 atom stereocenters. The summed E-state index contributed by atoms with van der Waals surface area (Å²) in [5, 5.41) is 0. The van der Waals surface area contributed by atoms with Crippen molar-refractivity contribution < 1.29 is 41.6 Å². The molecule has 0 N–H and O–H groups in total. The first kappa shape index (κ1) is 23.8. The van der Waals surface area contributed by atoms with Crippen LogP contribution in [0.5, 0.6) is 11.9 Å². The third-order valence-electron chi connectivity index (χ3n) is 1.76.